The summed E-state index contributed by atoms with van der Waals surface area (Å²) in [6.45, 7) is 8.97. The van der Waals surface area contributed by atoms with Crippen molar-refractivity contribution in [2.75, 3.05) is 13.1 Å². The van der Waals surface area contributed by atoms with Gasteiger partial charge in [-0.05, 0) is 31.0 Å². The summed E-state index contributed by atoms with van der Waals surface area (Å²) in [5.74, 6) is 1.44. The first-order valence-electron chi connectivity index (χ1n) is 10.3. The number of nitrogens with zero attached hydrogens (tertiary/aromatic N) is 2. The number of hydrogen-bond acceptors (Lipinski definition) is 3. The molecule has 1 heterocycles. The smallest absolute Gasteiger partial charge is 0.242 e. The van der Waals surface area contributed by atoms with Crippen LogP contribution in [0.1, 0.15) is 49.7 Å². The van der Waals surface area contributed by atoms with Crippen molar-refractivity contribution in [2.24, 2.45) is 0 Å². The molecule has 2 amide bonds. The van der Waals surface area contributed by atoms with Crippen LogP contribution in [-0.4, -0.2) is 34.7 Å². The number of carbonyl (C=O) groups excluding carboxylic acids is 2. The Morgan fingerprint density at radius 3 is 2.38 bits per heavy atom. The van der Waals surface area contributed by atoms with E-state index in [4.69, 9.17) is 4.42 Å². The average Bonchev–Trinajstić information content (AvgIpc) is 3.12. The molecule has 0 N–H and O–H groups in total. The van der Waals surface area contributed by atoms with Crippen LogP contribution in [0, 0.1) is 6.92 Å². The van der Waals surface area contributed by atoms with Crippen molar-refractivity contribution in [1.82, 2.24) is 9.80 Å². The predicted molar refractivity (Wildman–Crippen MR) is 115 cm³/mol. The van der Waals surface area contributed by atoms with Crippen LogP contribution in [0.25, 0.3) is 0 Å². The second-order valence-corrected chi connectivity index (χ2v) is 7.27. The highest BCUT2D eigenvalue weighted by Crippen LogP contribution is 2.14. The van der Waals surface area contributed by atoms with Crippen LogP contribution in [-0.2, 0) is 22.7 Å². The van der Waals surface area contributed by atoms with Crippen LogP contribution in [0.5, 0.6) is 0 Å². The standard InChI is InChI=1S/C24H32N2O3/c1-4-6-8-13-23(27)25(16-5-2)19-24(28)26(17-21-11-9-7-10-12-21)18-22-15-14-20(3)29-22/h5,7,9-12,14-15H,2,4,6,8,13,16-19H2,1,3H3. The molecule has 0 aliphatic heterocycles. The zero-order chi connectivity index (χ0) is 21.1. The Morgan fingerprint density at radius 2 is 1.76 bits per heavy atom. The second-order valence-electron chi connectivity index (χ2n) is 7.27. The zero-order valence-corrected chi connectivity index (χ0v) is 17.6. The largest absolute Gasteiger partial charge is 0.464 e. The number of aryl methyl sites for hydroxylation is 1. The fourth-order valence-corrected chi connectivity index (χ4v) is 3.15. The third kappa shape index (κ3) is 7.60. The molecule has 0 saturated heterocycles. The van der Waals surface area contributed by atoms with Gasteiger partial charge in [-0.25, -0.2) is 0 Å². The third-order valence-electron chi connectivity index (χ3n) is 4.73. The van der Waals surface area contributed by atoms with Crippen LogP contribution in [0.3, 0.4) is 0 Å². The van der Waals surface area contributed by atoms with Gasteiger partial charge in [-0.1, -0.05) is 56.2 Å². The maximum Gasteiger partial charge on any atom is 0.242 e. The van der Waals surface area contributed by atoms with Crippen LogP contribution in [0.15, 0.2) is 59.5 Å². The van der Waals surface area contributed by atoms with Gasteiger partial charge in [-0.2, -0.15) is 0 Å². The third-order valence-corrected chi connectivity index (χ3v) is 4.73. The highest BCUT2D eigenvalue weighted by Gasteiger charge is 2.21. The highest BCUT2D eigenvalue weighted by atomic mass is 16.3. The molecule has 0 spiro atoms. The molecule has 0 bridgehead atoms. The highest BCUT2D eigenvalue weighted by molar-refractivity contribution is 5.85. The number of furan rings is 1. The summed E-state index contributed by atoms with van der Waals surface area (Å²) in [4.78, 5) is 29.0. The fourth-order valence-electron chi connectivity index (χ4n) is 3.15. The van der Waals surface area contributed by atoms with E-state index in [0.29, 0.717) is 26.1 Å². The lowest BCUT2D eigenvalue weighted by Crippen LogP contribution is -2.42. The quantitative estimate of drug-likeness (QED) is 0.386. The number of carbonyl (C=O) groups is 2. The van der Waals surface area contributed by atoms with Gasteiger partial charge in [0, 0.05) is 19.5 Å². The molecule has 5 heteroatoms. The number of unbranched alkanes of at least 4 members (excludes halogenated alkanes) is 2. The molecular formula is C24H32N2O3. The van der Waals surface area contributed by atoms with Crippen LogP contribution < -0.4 is 0 Å². The maximum atomic E-state index is 13.1. The van der Waals surface area contributed by atoms with Crippen LogP contribution >= 0.6 is 0 Å². The summed E-state index contributed by atoms with van der Waals surface area (Å²) in [5, 5.41) is 0. The molecule has 0 saturated carbocycles. The lowest BCUT2D eigenvalue weighted by molar-refractivity contribution is -0.141. The van der Waals surface area contributed by atoms with Crippen molar-refractivity contribution in [3.05, 3.63) is 72.2 Å². The molecule has 1 aromatic heterocycles. The first-order chi connectivity index (χ1) is 14.0. The molecule has 0 radical (unpaired) electrons. The topological polar surface area (TPSA) is 53.8 Å². The van der Waals surface area contributed by atoms with Crippen molar-refractivity contribution in [1.29, 1.82) is 0 Å². The van der Waals surface area contributed by atoms with Crippen LogP contribution in [0.4, 0.5) is 0 Å². The fraction of sp³-hybridized carbons (Fsp3) is 0.417. The van der Waals surface area contributed by atoms with Crippen molar-refractivity contribution >= 4 is 11.8 Å². The van der Waals surface area contributed by atoms with Gasteiger partial charge in [-0.3, -0.25) is 9.59 Å². The minimum absolute atomic E-state index is 0.000189. The van der Waals surface area contributed by atoms with Gasteiger partial charge < -0.3 is 14.2 Å². The number of hydrogen-bond donors (Lipinski definition) is 0. The second kappa shape index (κ2) is 11.9. The van der Waals surface area contributed by atoms with Crippen molar-refractivity contribution in [2.45, 2.75) is 52.6 Å². The van der Waals surface area contributed by atoms with Crippen molar-refractivity contribution in [3.8, 4) is 0 Å². The Balaban J connectivity index is 2.10. The summed E-state index contributed by atoms with van der Waals surface area (Å²) in [6, 6.07) is 13.6. The van der Waals surface area contributed by atoms with E-state index in [1.165, 1.54) is 0 Å². The van der Waals surface area contributed by atoms with Gasteiger partial charge >= 0.3 is 0 Å². The number of amides is 2. The molecule has 2 rings (SSSR count). The number of benzene rings is 1. The van der Waals surface area contributed by atoms with E-state index in [1.807, 2.05) is 49.4 Å². The average molecular weight is 397 g/mol. The molecule has 0 unspecified atom stereocenters. The Kier molecular flexibility index (Phi) is 9.22. The van der Waals surface area contributed by atoms with Crippen LogP contribution in [0.2, 0.25) is 0 Å². The lowest BCUT2D eigenvalue weighted by Gasteiger charge is -2.27. The summed E-state index contributed by atoms with van der Waals surface area (Å²) in [5.41, 5.74) is 1.04. The van der Waals surface area contributed by atoms with Crippen molar-refractivity contribution < 1.29 is 14.0 Å². The lowest BCUT2D eigenvalue weighted by atomic mass is 10.2. The van der Waals surface area contributed by atoms with Gasteiger partial charge in [0.1, 0.15) is 18.1 Å². The molecule has 5 nitrogen and oxygen atoms in total. The van der Waals surface area contributed by atoms with Gasteiger partial charge in [-0.15, -0.1) is 6.58 Å². The molecule has 156 valence electrons. The summed E-state index contributed by atoms with van der Waals surface area (Å²) in [6.07, 6.45) is 5.05. The van der Waals surface area contributed by atoms with Crippen molar-refractivity contribution in [3.63, 3.8) is 0 Å². The summed E-state index contributed by atoms with van der Waals surface area (Å²) < 4.78 is 5.68. The molecule has 29 heavy (non-hydrogen) atoms. The van der Waals surface area contributed by atoms with Gasteiger partial charge in [0.15, 0.2) is 0 Å². The molecular weight excluding hydrogens is 364 g/mol. The van der Waals surface area contributed by atoms with E-state index < -0.39 is 0 Å². The Hall–Kier alpha value is -2.82. The van der Waals surface area contributed by atoms with E-state index in [9.17, 15) is 9.59 Å². The normalized spacial score (nSPS) is 10.6. The Labute approximate surface area is 174 Å². The van der Waals surface area contributed by atoms with Gasteiger partial charge in [0.25, 0.3) is 0 Å². The summed E-state index contributed by atoms with van der Waals surface area (Å²) in [7, 11) is 0. The molecule has 0 atom stereocenters. The van der Waals surface area contributed by atoms with Gasteiger partial charge in [0.05, 0.1) is 6.54 Å². The minimum Gasteiger partial charge on any atom is -0.464 e. The monoisotopic (exact) mass is 396 g/mol. The van der Waals surface area contributed by atoms with E-state index in [1.54, 1.807) is 15.9 Å². The van der Waals surface area contributed by atoms with E-state index in [0.717, 1.165) is 36.3 Å². The Morgan fingerprint density at radius 1 is 1.00 bits per heavy atom. The molecule has 1 aromatic carbocycles. The molecule has 0 fully saturated rings. The zero-order valence-electron chi connectivity index (χ0n) is 17.6. The molecule has 2 aromatic rings. The van der Waals surface area contributed by atoms with E-state index >= 15 is 0 Å². The first-order valence-corrected chi connectivity index (χ1v) is 10.3. The maximum absolute atomic E-state index is 13.1. The molecule has 0 aliphatic carbocycles. The minimum atomic E-state index is -0.103. The van der Waals surface area contributed by atoms with Gasteiger partial charge in [0.2, 0.25) is 11.8 Å². The predicted octanol–water partition coefficient (Wildman–Crippen LogP) is 4.71. The first kappa shape index (κ1) is 22.5. The summed E-state index contributed by atoms with van der Waals surface area (Å²) >= 11 is 0. The van der Waals surface area contributed by atoms with E-state index in [2.05, 4.69) is 13.5 Å². The SMILES string of the molecule is C=CCN(CC(=O)N(Cc1ccccc1)Cc1ccc(C)o1)C(=O)CCCCC. The Bertz CT molecular complexity index is 782. The number of rotatable bonds is 12. The van der Waals surface area contributed by atoms with E-state index in [-0.39, 0.29) is 18.4 Å². The molecule has 0 aliphatic rings.